The zero-order valence-corrected chi connectivity index (χ0v) is 11.0. The van der Waals surface area contributed by atoms with Crippen LogP contribution in [0.25, 0.3) is 0 Å². The molecular formula is C14H23FN2. The Bertz CT molecular complexity index is 348. The van der Waals surface area contributed by atoms with Gasteiger partial charge in [0.25, 0.3) is 0 Å². The largest absolute Gasteiger partial charge is 0.324 e. The van der Waals surface area contributed by atoms with Gasteiger partial charge in [0.1, 0.15) is 5.82 Å². The van der Waals surface area contributed by atoms with Gasteiger partial charge in [-0.1, -0.05) is 31.5 Å². The average Bonchev–Trinajstić information content (AvgIpc) is 2.33. The Morgan fingerprint density at radius 2 is 1.94 bits per heavy atom. The van der Waals surface area contributed by atoms with Gasteiger partial charge in [-0.2, -0.15) is 0 Å². The van der Waals surface area contributed by atoms with Crippen LogP contribution in [0.2, 0.25) is 0 Å². The molecular weight excluding hydrogens is 215 g/mol. The summed E-state index contributed by atoms with van der Waals surface area (Å²) < 4.78 is 13.6. The summed E-state index contributed by atoms with van der Waals surface area (Å²) >= 11 is 0. The first-order valence-electron chi connectivity index (χ1n) is 6.32. The predicted octanol–water partition coefficient (Wildman–Crippen LogP) is 2.87. The molecule has 0 saturated carbocycles. The molecule has 2 nitrogen and oxygen atoms in total. The molecule has 0 heterocycles. The van der Waals surface area contributed by atoms with E-state index in [1.807, 2.05) is 13.0 Å². The molecule has 0 aliphatic carbocycles. The Morgan fingerprint density at radius 3 is 2.53 bits per heavy atom. The summed E-state index contributed by atoms with van der Waals surface area (Å²) in [5.74, 6) is -0.192. The van der Waals surface area contributed by atoms with Crippen molar-refractivity contribution >= 4 is 0 Å². The van der Waals surface area contributed by atoms with Crippen molar-refractivity contribution in [3.63, 3.8) is 0 Å². The third-order valence-corrected chi connectivity index (χ3v) is 3.20. The number of hydrogen-bond acceptors (Lipinski definition) is 2. The quantitative estimate of drug-likeness (QED) is 0.825. The maximum absolute atomic E-state index is 13.6. The molecule has 0 spiro atoms. The van der Waals surface area contributed by atoms with Gasteiger partial charge in [-0.15, -0.1) is 0 Å². The lowest BCUT2D eigenvalue weighted by Crippen LogP contribution is -2.27. The SMILES string of the molecule is CCN(CC)CCC(N)c1cc(C)ccc1F. The maximum atomic E-state index is 13.6. The maximum Gasteiger partial charge on any atom is 0.127 e. The number of hydrogen-bond donors (Lipinski definition) is 1. The molecule has 0 amide bonds. The van der Waals surface area contributed by atoms with Crippen LogP contribution in [0.5, 0.6) is 0 Å². The van der Waals surface area contributed by atoms with Gasteiger partial charge in [0.15, 0.2) is 0 Å². The van der Waals surface area contributed by atoms with E-state index in [-0.39, 0.29) is 11.9 Å². The van der Waals surface area contributed by atoms with Crippen molar-refractivity contribution < 1.29 is 4.39 Å². The van der Waals surface area contributed by atoms with Crippen molar-refractivity contribution in [1.82, 2.24) is 4.90 Å². The van der Waals surface area contributed by atoms with Crippen LogP contribution in [0.3, 0.4) is 0 Å². The van der Waals surface area contributed by atoms with Crippen LogP contribution in [-0.2, 0) is 0 Å². The first-order chi connectivity index (χ1) is 8.08. The van der Waals surface area contributed by atoms with E-state index in [2.05, 4.69) is 18.7 Å². The molecule has 0 aliphatic rings. The van der Waals surface area contributed by atoms with E-state index in [0.29, 0.717) is 5.56 Å². The van der Waals surface area contributed by atoms with Crippen LogP contribution in [0.15, 0.2) is 18.2 Å². The lowest BCUT2D eigenvalue weighted by molar-refractivity contribution is 0.290. The van der Waals surface area contributed by atoms with Gasteiger partial charge < -0.3 is 10.6 Å². The van der Waals surface area contributed by atoms with Crippen molar-refractivity contribution in [2.24, 2.45) is 5.73 Å². The number of halogens is 1. The van der Waals surface area contributed by atoms with Gasteiger partial charge in [0.05, 0.1) is 0 Å². The van der Waals surface area contributed by atoms with Gasteiger partial charge in [0.2, 0.25) is 0 Å². The molecule has 1 atom stereocenters. The topological polar surface area (TPSA) is 29.3 Å². The summed E-state index contributed by atoms with van der Waals surface area (Å²) in [7, 11) is 0. The molecule has 1 unspecified atom stereocenters. The highest BCUT2D eigenvalue weighted by Gasteiger charge is 2.12. The van der Waals surface area contributed by atoms with Crippen LogP contribution < -0.4 is 5.73 Å². The van der Waals surface area contributed by atoms with Crippen LogP contribution in [-0.4, -0.2) is 24.5 Å². The van der Waals surface area contributed by atoms with E-state index < -0.39 is 0 Å². The van der Waals surface area contributed by atoms with Crippen LogP contribution in [0, 0.1) is 12.7 Å². The van der Waals surface area contributed by atoms with Crippen molar-refractivity contribution in [3.05, 3.63) is 35.1 Å². The molecule has 0 bridgehead atoms. The predicted molar refractivity (Wildman–Crippen MR) is 70.5 cm³/mol. The molecule has 3 heteroatoms. The highest BCUT2D eigenvalue weighted by molar-refractivity contribution is 5.26. The monoisotopic (exact) mass is 238 g/mol. The second-order valence-corrected chi connectivity index (χ2v) is 4.45. The van der Waals surface area contributed by atoms with Gasteiger partial charge >= 0.3 is 0 Å². The minimum atomic E-state index is -0.213. The first kappa shape index (κ1) is 14.1. The molecule has 0 aliphatic heterocycles. The number of nitrogens with zero attached hydrogens (tertiary/aromatic N) is 1. The zero-order valence-electron chi connectivity index (χ0n) is 11.0. The summed E-state index contributed by atoms with van der Waals surface area (Å²) in [5.41, 5.74) is 7.75. The van der Waals surface area contributed by atoms with Crippen LogP contribution in [0.1, 0.15) is 37.4 Å². The highest BCUT2D eigenvalue weighted by atomic mass is 19.1. The molecule has 1 aromatic carbocycles. The molecule has 1 aromatic rings. The Kier molecular flexibility index (Phi) is 5.59. The van der Waals surface area contributed by atoms with Crippen molar-refractivity contribution in [2.45, 2.75) is 33.2 Å². The lowest BCUT2D eigenvalue weighted by atomic mass is 10.0. The second-order valence-electron chi connectivity index (χ2n) is 4.45. The van der Waals surface area contributed by atoms with Gasteiger partial charge in [-0.05, 0) is 39.0 Å². The Hall–Kier alpha value is -0.930. The summed E-state index contributed by atoms with van der Waals surface area (Å²) in [6, 6.07) is 4.91. The third-order valence-electron chi connectivity index (χ3n) is 3.20. The molecule has 1 rings (SSSR count). The van der Waals surface area contributed by atoms with E-state index in [4.69, 9.17) is 5.73 Å². The van der Waals surface area contributed by atoms with Crippen LogP contribution in [0.4, 0.5) is 4.39 Å². The second kappa shape index (κ2) is 6.72. The highest BCUT2D eigenvalue weighted by Crippen LogP contribution is 2.19. The Morgan fingerprint density at radius 1 is 1.29 bits per heavy atom. The smallest absolute Gasteiger partial charge is 0.127 e. The summed E-state index contributed by atoms with van der Waals surface area (Å²) in [6.07, 6.45) is 0.794. The van der Waals surface area contributed by atoms with Crippen molar-refractivity contribution in [2.75, 3.05) is 19.6 Å². The standard InChI is InChI=1S/C14H23FN2/c1-4-17(5-2)9-8-14(16)12-10-11(3)6-7-13(12)15/h6-7,10,14H,4-5,8-9,16H2,1-3H3. The summed E-state index contributed by atoms with van der Waals surface area (Å²) in [5, 5.41) is 0. The van der Waals surface area contributed by atoms with Crippen molar-refractivity contribution in [1.29, 1.82) is 0 Å². The minimum absolute atomic E-state index is 0.192. The van der Waals surface area contributed by atoms with Gasteiger partial charge in [-0.25, -0.2) is 4.39 Å². The van der Waals surface area contributed by atoms with E-state index >= 15 is 0 Å². The number of nitrogens with two attached hydrogens (primary N) is 1. The third kappa shape index (κ3) is 4.10. The molecule has 0 aromatic heterocycles. The average molecular weight is 238 g/mol. The number of benzene rings is 1. The zero-order chi connectivity index (χ0) is 12.8. The molecule has 0 fully saturated rings. The number of aryl methyl sites for hydroxylation is 1. The molecule has 0 radical (unpaired) electrons. The van der Waals surface area contributed by atoms with E-state index in [0.717, 1.165) is 31.6 Å². The molecule has 0 saturated heterocycles. The fraction of sp³-hybridized carbons (Fsp3) is 0.571. The fourth-order valence-corrected chi connectivity index (χ4v) is 1.96. The van der Waals surface area contributed by atoms with E-state index in [1.54, 1.807) is 6.07 Å². The first-order valence-corrected chi connectivity index (χ1v) is 6.32. The molecule has 96 valence electrons. The number of rotatable bonds is 6. The minimum Gasteiger partial charge on any atom is -0.324 e. The molecule has 2 N–H and O–H groups in total. The van der Waals surface area contributed by atoms with E-state index in [1.165, 1.54) is 6.07 Å². The van der Waals surface area contributed by atoms with Crippen molar-refractivity contribution in [3.8, 4) is 0 Å². The Balaban J connectivity index is 2.63. The normalized spacial score (nSPS) is 13.1. The van der Waals surface area contributed by atoms with E-state index in [9.17, 15) is 4.39 Å². The lowest BCUT2D eigenvalue weighted by Gasteiger charge is -2.21. The molecule has 17 heavy (non-hydrogen) atoms. The van der Waals surface area contributed by atoms with Gasteiger partial charge in [0, 0.05) is 11.6 Å². The van der Waals surface area contributed by atoms with Crippen LogP contribution >= 0.6 is 0 Å². The Labute approximate surface area is 104 Å². The van der Waals surface area contributed by atoms with Gasteiger partial charge in [-0.3, -0.25) is 0 Å². The fourth-order valence-electron chi connectivity index (χ4n) is 1.96. The summed E-state index contributed by atoms with van der Waals surface area (Å²) in [4.78, 5) is 2.30. The summed E-state index contributed by atoms with van der Waals surface area (Å²) in [6.45, 7) is 9.16.